The monoisotopic (exact) mass is 149 g/mol. The Morgan fingerprint density at radius 2 is 2.18 bits per heavy atom. The number of nitrogens with zero attached hydrogens (tertiary/aromatic N) is 1. The normalized spacial score (nSPS) is 20.7. The molecule has 0 unspecified atom stereocenters. The molecule has 0 N–H and O–H groups in total. The van der Waals surface area contributed by atoms with Crippen LogP contribution in [0.2, 0.25) is 0 Å². The lowest BCUT2D eigenvalue weighted by molar-refractivity contribution is -0.132. The van der Waals surface area contributed by atoms with E-state index in [4.69, 9.17) is 4.74 Å². The average molecular weight is 149 g/mol. The smallest absolute Gasteiger partial charge is 0.318 e. The summed E-state index contributed by atoms with van der Waals surface area (Å²) < 4.78 is 4.71. The number of amides is 1. The summed E-state index contributed by atoms with van der Waals surface area (Å²) in [7, 11) is 0. The lowest BCUT2D eigenvalue weighted by Gasteiger charge is -2.00. The fourth-order valence-electron chi connectivity index (χ4n) is 0.904. The van der Waals surface area contributed by atoms with Crippen LogP contribution in [0.5, 0.6) is 0 Å². The number of rotatable bonds is 0. The van der Waals surface area contributed by atoms with Gasteiger partial charge in [0.15, 0.2) is 0 Å². The SMILES string of the molecule is O=C1N=C2C=COC=C2C1=O. The van der Waals surface area contributed by atoms with Gasteiger partial charge in [0.2, 0.25) is 0 Å². The van der Waals surface area contributed by atoms with Gasteiger partial charge in [0.1, 0.15) is 6.26 Å². The lowest BCUT2D eigenvalue weighted by atomic mass is 10.1. The first-order valence-electron chi connectivity index (χ1n) is 2.99. The molecule has 2 heterocycles. The first-order valence-corrected chi connectivity index (χ1v) is 2.99. The van der Waals surface area contributed by atoms with E-state index >= 15 is 0 Å². The van der Waals surface area contributed by atoms with Crippen LogP contribution in [0.3, 0.4) is 0 Å². The Kier molecular flexibility index (Phi) is 1.03. The molecule has 0 saturated carbocycles. The minimum Gasteiger partial charge on any atom is -0.472 e. The Balaban J connectivity index is 2.53. The number of ether oxygens (including phenoxy) is 1. The summed E-state index contributed by atoms with van der Waals surface area (Å²) >= 11 is 0. The van der Waals surface area contributed by atoms with Gasteiger partial charge >= 0.3 is 5.91 Å². The Hall–Kier alpha value is -1.71. The van der Waals surface area contributed by atoms with E-state index < -0.39 is 11.7 Å². The lowest BCUT2D eigenvalue weighted by Crippen LogP contribution is -2.10. The van der Waals surface area contributed by atoms with E-state index in [0.29, 0.717) is 5.71 Å². The number of ketones is 1. The summed E-state index contributed by atoms with van der Waals surface area (Å²) in [6, 6.07) is 0. The number of Topliss-reactive ketones (excluding diaryl/α,β-unsaturated/α-hetero) is 1. The van der Waals surface area contributed by atoms with Crippen LogP contribution in [0.4, 0.5) is 0 Å². The van der Waals surface area contributed by atoms with Gasteiger partial charge in [-0.25, -0.2) is 4.99 Å². The van der Waals surface area contributed by atoms with E-state index in [0.717, 1.165) is 0 Å². The van der Waals surface area contributed by atoms with Crippen LogP contribution < -0.4 is 0 Å². The molecule has 2 rings (SSSR count). The highest BCUT2D eigenvalue weighted by molar-refractivity contribution is 6.57. The molecule has 0 radical (unpaired) electrons. The average Bonchev–Trinajstić information content (AvgIpc) is 2.30. The van der Waals surface area contributed by atoms with E-state index in [9.17, 15) is 9.59 Å². The molecule has 0 aliphatic carbocycles. The molecule has 2 aliphatic rings. The van der Waals surface area contributed by atoms with Crippen molar-refractivity contribution in [1.82, 2.24) is 0 Å². The number of carbonyl (C=O) groups excluding carboxylic acids is 2. The molecule has 0 aromatic heterocycles. The molecule has 4 heteroatoms. The van der Waals surface area contributed by atoms with E-state index in [2.05, 4.69) is 4.99 Å². The van der Waals surface area contributed by atoms with Crippen LogP contribution in [0.25, 0.3) is 0 Å². The first kappa shape index (κ1) is 6.03. The van der Waals surface area contributed by atoms with Crippen LogP contribution in [0.1, 0.15) is 0 Å². The van der Waals surface area contributed by atoms with Gasteiger partial charge in [-0.1, -0.05) is 0 Å². The largest absolute Gasteiger partial charge is 0.472 e. The molecular weight excluding hydrogens is 146 g/mol. The van der Waals surface area contributed by atoms with Crippen molar-refractivity contribution in [2.75, 3.05) is 0 Å². The number of aliphatic imine (C=N–C) groups is 1. The van der Waals surface area contributed by atoms with Gasteiger partial charge in [-0.05, 0) is 6.08 Å². The third-order valence-corrected chi connectivity index (χ3v) is 1.43. The molecule has 1 amide bonds. The van der Waals surface area contributed by atoms with Crippen molar-refractivity contribution in [3.8, 4) is 0 Å². The highest BCUT2D eigenvalue weighted by atomic mass is 16.5. The van der Waals surface area contributed by atoms with Crippen LogP contribution >= 0.6 is 0 Å². The number of hydrogen-bond acceptors (Lipinski definition) is 3. The topological polar surface area (TPSA) is 55.7 Å². The minimum atomic E-state index is -0.721. The van der Waals surface area contributed by atoms with Crippen LogP contribution in [-0.4, -0.2) is 17.4 Å². The summed E-state index contributed by atoms with van der Waals surface area (Å²) in [5, 5.41) is 0. The Morgan fingerprint density at radius 1 is 1.36 bits per heavy atom. The second-order valence-corrected chi connectivity index (χ2v) is 2.10. The molecule has 0 atom stereocenters. The zero-order chi connectivity index (χ0) is 7.84. The predicted molar refractivity (Wildman–Crippen MR) is 35.8 cm³/mol. The van der Waals surface area contributed by atoms with Crippen molar-refractivity contribution >= 4 is 17.4 Å². The molecule has 0 aromatic rings. The van der Waals surface area contributed by atoms with Gasteiger partial charge in [-0.3, -0.25) is 9.59 Å². The van der Waals surface area contributed by atoms with Crippen LogP contribution in [0.15, 0.2) is 29.2 Å². The molecule has 0 bridgehead atoms. The van der Waals surface area contributed by atoms with Gasteiger partial charge in [-0.2, -0.15) is 0 Å². The highest BCUT2D eigenvalue weighted by Gasteiger charge is 2.30. The van der Waals surface area contributed by atoms with E-state index in [-0.39, 0.29) is 5.57 Å². The molecule has 0 fully saturated rings. The fraction of sp³-hybridized carbons (Fsp3) is 0. The second kappa shape index (κ2) is 1.88. The van der Waals surface area contributed by atoms with E-state index in [1.165, 1.54) is 18.6 Å². The number of carbonyl (C=O) groups is 2. The highest BCUT2D eigenvalue weighted by Crippen LogP contribution is 2.15. The van der Waals surface area contributed by atoms with Crippen LogP contribution in [-0.2, 0) is 14.3 Å². The van der Waals surface area contributed by atoms with Gasteiger partial charge in [0, 0.05) is 0 Å². The third kappa shape index (κ3) is 0.724. The van der Waals surface area contributed by atoms with Gasteiger partial charge in [0.25, 0.3) is 5.78 Å². The molecule has 4 nitrogen and oxygen atoms in total. The number of allylic oxidation sites excluding steroid dienone is 1. The summed E-state index contributed by atoms with van der Waals surface area (Å²) in [5.74, 6) is -1.31. The first-order chi connectivity index (χ1) is 5.29. The number of fused-ring (bicyclic) bond motifs is 1. The van der Waals surface area contributed by atoms with Gasteiger partial charge in [-0.15, -0.1) is 0 Å². The van der Waals surface area contributed by atoms with Gasteiger partial charge in [0.05, 0.1) is 17.5 Å². The summed E-state index contributed by atoms with van der Waals surface area (Å²) in [4.78, 5) is 25.1. The van der Waals surface area contributed by atoms with Crippen molar-refractivity contribution in [1.29, 1.82) is 0 Å². The second-order valence-electron chi connectivity index (χ2n) is 2.10. The predicted octanol–water partition coefficient (Wildman–Crippen LogP) is -0.0355. The number of hydrogen-bond donors (Lipinski definition) is 0. The maximum Gasteiger partial charge on any atom is 0.318 e. The van der Waals surface area contributed by atoms with Crippen molar-refractivity contribution in [2.45, 2.75) is 0 Å². The minimum absolute atomic E-state index is 0.248. The van der Waals surface area contributed by atoms with E-state index in [1.807, 2.05) is 0 Å². The van der Waals surface area contributed by atoms with Crippen molar-refractivity contribution in [3.05, 3.63) is 24.2 Å². The third-order valence-electron chi connectivity index (χ3n) is 1.43. The molecule has 2 aliphatic heterocycles. The summed E-state index contributed by atoms with van der Waals surface area (Å²) in [5.41, 5.74) is 0.642. The Labute approximate surface area is 61.9 Å². The maximum atomic E-state index is 10.9. The Morgan fingerprint density at radius 3 is 2.91 bits per heavy atom. The quantitative estimate of drug-likeness (QED) is 0.454. The molecular formula is C7H3NO3. The fourth-order valence-corrected chi connectivity index (χ4v) is 0.904. The van der Waals surface area contributed by atoms with Crippen molar-refractivity contribution in [3.63, 3.8) is 0 Å². The molecule has 0 spiro atoms. The Bertz CT molecular complexity index is 336. The van der Waals surface area contributed by atoms with Crippen molar-refractivity contribution in [2.24, 2.45) is 4.99 Å². The summed E-state index contributed by atoms with van der Waals surface area (Å²) in [6.45, 7) is 0. The molecule has 0 aromatic carbocycles. The molecule has 11 heavy (non-hydrogen) atoms. The standard InChI is InChI=1S/C7H3NO3/c9-6-4-3-11-2-1-5(4)8-7(6)10/h1-3H. The van der Waals surface area contributed by atoms with E-state index in [1.54, 1.807) is 0 Å². The van der Waals surface area contributed by atoms with Crippen LogP contribution in [0, 0.1) is 0 Å². The summed E-state index contributed by atoms with van der Waals surface area (Å²) in [6.07, 6.45) is 4.08. The zero-order valence-electron chi connectivity index (χ0n) is 5.40. The maximum absolute atomic E-state index is 10.9. The van der Waals surface area contributed by atoms with Crippen molar-refractivity contribution < 1.29 is 14.3 Å². The van der Waals surface area contributed by atoms with Gasteiger partial charge < -0.3 is 4.74 Å². The zero-order valence-corrected chi connectivity index (χ0v) is 5.40. The molecule has 54 valence electrons. The molecule has 0 saturated heterocycles.